The second-order valence-electron chi connectivity index (χ2n) is 3.33. The van der Waals surface area contributed by atoms with Crippen molar-refractivity contribution in [2.24, 2.45) is 0 Å². The van der Waals surface area contributed by atoms with Gasteiger partial charge in [-0.2, -0.15) is 0 Å². The third-order valence-corrected chi connectivity index (χ3v) is 2.40. The highest BCUT2D eigenvalue weighted by Gasteiger charge is 2.17. The predicted molar refractivity (Wildman–Crippen MR) is 60.5 cm³/mol. The molecule has 1 heterocycles. The SMILES string of the molecule is Cc1ccc(-c2ccc(Cl)cc2[N+](=O)[O-])o1. The standard InChI is InChI=1S/C11H8ClNO3/c1-7-2-5-11(16-7)9-4-3-8(12)6-10(9)13(14)15/h2-6H,1H3. The minimum Gasteiger partial charge on any atom is -0.461 e. The minimum absolute atomic E-state index is 0.0538. The Morgan fingerprint density at radius 1 is 1.31 bits per heavy atom. The number of aryl methyl sites for hydroxylation is 1. The van der Waals surface area contributed by atoms with Gasteiger partial charge in [0.2, 0.25) is 0 Å². The summed E-state index contributed by atoms with van der Waals surface area (Å²) in [5, 5.41) is 11.2. The molecule has 1 aromatic heterocycles. The van der Waals surface area contributed by atoms with Crippen molar-refractivity contribution in [2.75, 3.05) is 0 Å². The van der Waals surface area contributed by atoms with Crippen LogP contribution in [0.3, 0.4) is 0 Å². The molecule has 0 bridgehead atoms. The zero-order valence-electron chi connectivity index (χ0n) is 8.44. The molecule has 0 aliphatic rings. The molecule has 4 nitrogen and oxygen atoms in total. The third-order valence-electron chi connectivity index (χ3n) is 2.16. The fourth-order valence-electron chi connectivity index (χ4n) is 1.44. The molecule has 0 fully saturated rings. The Bertz CT molecular complexity index is 548. The van der Waals surface area contributed by atoms with Gasteiger partial charge in [0, 0.05) is 11.1 Å². The van der Waals surface area contributed by atoms with Crippen LogP contribution < -0.4 is 0 Å². The number of nitro groups is 1. The van der Waals surface area contributed by atoms with E-state index in [9.17, 15) is 10.1 Å². The van der Waals surface area contributed by atoms with Crippen LogP contribution in [0.5, 0.6) is 0 Å². The van der Waals surface area contributed by atoms with Gasteiger partial charge in [0.05, 0.1) is 10.5 Å². The van der Waals surface area contributed by atoms with E-state index in [1.165, 1.54) is 6.07 Å². The Labute approximate surface area is 96.6 Å². The van der Waals surface area contributed by atoms with Gasteiger partial charge in [0.15, 0.2) is 0 Å². The van der Waals surface area contributed by atoms with Crippen molar-refractivity contribution in [3.63, 3.8) is 0 Å². The van der Waals surface area contributed by atoms with Crippen LogP contribution in [0.25, 0.3) is 11.3 Å². The average Bonchev–Trinajstić information content (AvgIpc) is 2.64. The fraction of sp³-hybridized carbons (Fsp3) is 0.0909. The highest BCUT2D eigenvalue weighted by atomic mass is 35.5. The second kappa shape index (κ2) is 3.98. The summed E-state index contributed by atoms with van der Waals surface area (Å²) in [6.07, 6.45) is 0. The van der Waals surface area contributed by atoms with Crippen molar-refractivity contribution >= 4 is 17.3 Å². The van der Waals surface area contributed by atoms with E-state index in [-0.39, 0.29) is 5.69 Å². The summed E-state index contributed by atoms with van der Waals surface area (Å²) in [4.78, 5) is 10.4. The number of hydrogen-bond donors (Lipinski definition) is 0. The monoisotopic (exact) mass is 237 g/mol. The summed E-state index contributed by atoms with van der Waals surface area (Å²) in [5.41, 5.74) is 0.379. The Morgan fingerprint density at radius 2 is 2.06 bits per heavy atom. The summed E-state index contributed by atoms with van der Waals surface area (Å²) in [6.45, 7) is 1.78. The molecule has 1 aromatic carbocycles. The normalized spacial score (nSPS) is 10.4. The number of hydrogen-bond acceptors (Lipinski definition) is 3. The molecule has 0 N–H and O–H groups in total. The van der Waals surface area contributed by atoms with Gasteiger partial charge < -0.3 is 4.42 Å². The summed E-state index contributed by atoms with van der Waals surface area (Å²) >= 11 is 5.72. The van der Waals surface area contributed by atoms with Crippen LogP contribution in [-0.4, -0.2) is 4.92 Å². The van der Waals surface area contributed by atoms with Gasteiger partial charge in [-0.15, -0.1) is 0 Å². The van der Waals surface area contributed by atoms with Crippen molar-refractivity contribution in [1.29, 1.82) is 0 Å². The van der Waals surface area contributed by atoms with E-state index in [1.807, 2.05) is 0 Å². The van der Waals surface area contributed by atoms with Gasteiger partial charge in [-0.3, -0.25) is 10.1 Å². The van der Waals surface area contributed by atoms with E-state index in [2.05, 4.69) is 0 Å². The maximum absolute atomic E-state index is 10.9. The molecular weight excluding hydrogens is 230 g/mol. The van der Waals surface area contributed by atoms with Gasteiger partial charge in [-0.1, -0.05) is 11.6 Å². The van der Waals surface area contributed by atoms with Crippen LogP contribution in [0, 0.1) is 17.0 Å². The van der Waals surface area contributed by atoms with Crippen molar-refractivity contribution in [2.45, 2.75) is 6.92 Å². The van der Waals surface area contributed by atoms with Crippen LogP contribution in [0.2, 0.25) is 5.02 Å². The van der Waals surface area contributed by atoms with Gasteiger partial charge >= 0.3 is 0 Å². The molecule has 0 atom stereocenters. The van der Waals surface area contributed by atoms with Gasteiger partial charge in [0.25, 0.3) is 5.69 Å². The van der Waals surface area contributed by atoms with Crippen molar-refractivity contribution < 1.29 is 9.34 Å². The lowest BCUT2D eigenvalue weighted by Gasteiger charge is -2.00. The van der Waals surface area contributed by atoms with Gasteiger partial charge in [0.1, 0.15) is 11.5 Å². The van der Waals surface area contributed by atoms with E-state index in [0.717, 1.165) is 0 Å². The molecule has 0 amide bonds. The van der Waals surface area contributed by atoms with Crippen molar-refractivity contribution in [3.8, 4) is 11.3 Å². The maximum Gasteiger partial charge on any atom is 0.281 e. The number of halogens is 1. The topological polar surface area (TPSA) is 56.3 Å². The van der Waals surface area contributed by atoms with Crippen LogP contribution in [0.15, 0.2) is 34.7 Å². The molecule has 0 spiro atoms. The Kier molecular flexibility index (Phi) is 2.66. The number of rotatable bonds is 2. The van der Waals surface area contributed by atoms with E-state index >= 15 is 0 Å². The molecule has 2 aromatic rings. The maximum atomic E-state index is 10.9. The predicted octanol–water partition coefficient (Wildman–Crippen LogP) is 3.82. The molecule has 0 aliphatic heterocycles. The molecular formula is C11H8ClNO3. The molecule has 0 saturated carbocycles. The van der Waals surface area contributed by atoms with Crippen LogP contribution in [0.1, 0.15) is 5.76 Å². The largest absolute Gasteiger partial charge is 0.461 e. The van der Waals surface area contributed by atoms with Crippen LogP contribution >= 0.6 is 11.6 Å². The molecule has 16 heavy (non-hydrogen) atoms. The molecule has 0 unspecified atom stereocenters. The highest BCUT2D eigenvalue weighted by molar-refractivity contribution is 6.30. The summed E-state index contributed by atoms with van der Waals surface area (Å²) in [6, 6.07) is 7.95. The smallest absolute Gasteiger partial charge is 0.281 e. The first-order valence-electron chi connectivity index (χ1n) is 4.58. The molecule has 2 rings (SSSR count). The molecule has 0 saturated heterocycles. The van der Waals surface area contributed by atoms with Crippen molar-refractivity contribution in [1.82, 2.24) is 0 Å². The first-order chi connectivity index (χ1) is 7.58. The minimum atomic E-state index is -0.473. The van der Waals surface area contributed by atoms with E-state index in [4.69, 9.17) is 16.0 Å². The Morgan fingerprint density at radius 3 is 2.62 bits per heavy atom. The fourth-order valence-corrected chi connectivity index (χ4v) is 1.61. The first-order valence-corrected chi connectivity index (χ1v) is 4.96. The summed E-state index contributed by atoms with van der Waals surface area (Å²) in [7, 11) is 0. The number of benzene rings is 1. The van der Waals surface area contributed by atoms with E-state index in [1.54, 1.807) is 31.2 Å². The van der Waals surface area contributed by atoms with E-state index < -0.39 is 4.92 Å². The van der Waals surface area contributed by atoms with Crippen LogP contribution in [0.4, 0.5) is 5.69 Å². The summed E-state index contributed by atoms with van der Waals surface area (Å²) < 4.78 is 5.35. The lowest BCUT2D eigenvalue weighted by molar-refractivity contribution is -0.384. The van der Waals surface area contributed by atoms with Gasteiger partial charge in [-0.05, 0) is 31.2 Å². The highest BCUT2D eigenvalue weighted by Crippen LogP contribution is 2.33. The second-order valence-corrected chi connectivity index (χ2v) is 3.77. The zero-order valence-corrected chi connectivity index (χ0v) is 9.19. The molecule has 82 valence electrons. The molecule has 5 heteroatoms. The van der Waals surface area contributed by atoms with E-state index in [0.29, 0.717) is 22.1 Å². The quantitative estimate of drug-likeness (QED) is 0.589. The lowest BCUT2D eigenvalue weighted by Crippen LogP contribution is -1.91. The summed E-state index contributed by atoms with van der Waals surface area (Å²) in [5.74, 6) is 1.18. The zero-order chi connectivity index (χ0) is 11.7. The average molecular weight is 238 g/mol. The Hall–Kier alpha value is -1.81. The number of nitro benzene ring substituents is 1. The molecule has 0 radical (unpaired) electrons. The number of furan rings is 1. The van der Waals surface area contributed by atoms with Crippen molar-refractivity contribution in [3.05, 3.63) is 51.2 Å². The lowest BCUT2D eigenvalue weighted by atomic mass is 10.1. The third kappa shape index (κ3) is 1.92. The first kappa shape index (κ1) is 10.7. The van der Waals surface area contributed by atoms with Crippen LogP contribution in [-0.2, 0) is 0 Å². The number of nitrogens with zero attached hydrogens (tertiary/aromatic N) is 1. The van der Waals surface area contributed by atoms with Gasteiger partial charge in [-0.25, -0.2) is 0 Å². The molecule has 0 aliphatic carbocycles. The Balaban J connectivity index is 2.60.